The smallest absolute Gasteiger partial charge is 0.232 e. The van der Waals surface area contributed by atoms with Crippen molar-refractivity contribution in [1.82, 2.24) is 15.3 Å². The Labute approximate surface area is 232 Å². The van der Waals surface area contributed by atoms with Crippen molar-refractivity contribution in [3.63, 3.8) is 0 Å². The molecule has 2 N–H and O–H groups in total. The average molecular weight is 541 g/mol. The van der Waals surface area contributed by atoms with Gasteiger partial charge < -0.3 is 20.4 Å². The zero-order valence-electron chi connectivity index (χ0n) is 22.3. The summed E-state index contributed by atoms with van der Waals surface area (Å²) in [5.41, 5.74) is 1.42. The van der Waals surface area contributed by atoms with E-state index in [1.54, 1.807) is 0 Å². The van der Waals surface area contributed by atoms with Crippen molar-refractivity contribution in [2.24, 2.45) is 11.8 Å². The van der Waals surface area contributed by atoms with Gasteiger partial charge in [-0.25, -0.2) is 0 Å². The van der Waals surface area contributed by atoms with Crippen LogP contribution in [0.3, 0.4) is 0 Å². The van der Waals surface area contributed by atoms with E-state index in [1.165, 1.54) is 44.1 Å². The summed E-state index contributed by atoms with van der Waals surface area (Å²) in [7, 11) is 0. The fraction of sp³-hybridized carbons (Fsp3) is 0.621. The van der Waals surface area contributed by atoms with Crippen LogP contribution in [0.2, 0.25) is 5.02 Å². The van der Waals surface area contributed by atoms with E-state index in [1.807, 2.05) is 12.1 Å². The molecule has 6 nitrogen and oxygen atoms in total. The maximum Gasteiger partial charge on any atom is 0.232 e. The molecule has 0 unspecified atom stereocenters. The maximum absolute atomic E-state index is 6.17. The highest BCUT2D eigenvalue weighted by Crippen LogP contribution is 2.41. The van der Waals surface area contributed by atoms with E-state index >= 15 is 0 Å². The van der Waals surface area contributed by atoms with Crippen LogP contribution in [0.5, 0.6) is 0 Å². The Kier molecular flexibility index (Phi) is 8.40. The number of hydrogen-bond acceptors (Lipinski definition) is 5. The van der Waals surface area contributed by atoms with E-state index in [2.05, 4.69) is 52.5 Å². The zero-order chi connectivity index (χ0) is 25.8. The van der Waals surface area contributed by atoms with Gasteiger partial charge in [-0.15, -0.1) is 0 Å². The number of halogens is 1. The number of piperidine rings is 2. The first-order valence-corrected chi connectivity index (χ1v) is 14.9. The Morgan fingerprint density at radius 1 is 0.946 bits per heavy atom. The molecule has 2 aromatic rings. The second-order valence-corrected chi connectivity index (χ2v) is 12.4. The van der Waals surface area contributed by atoms with E-state index in [0.29, 0.717) is 17.0 Å². The first kappa shape index (κ1) is 26.5. The SMILES string of the molecule is CC1CCN(c2cc(N3CCC[C@H](C)C3)nc(NC(=S)NCC3(c4ccc(Cl)cc4)CCCC3)n2)CC1. The van der Waals surface area contributed by atoms with Gasteiger partial charge in [-0.2, -0.15) is 9.97 Å². The Hall–Kier alpha value is -2.12. The standard InChI is InChI=1S/C29H41ClN6S/c1-21-11-16-35(17-12-21)25-18-26(36-15-5-6-22(2)19-36)33-27(32-25)34-28(37)31-20-29(13-3-4-14-29)23-7-9-24(30)10-8-23/h7-10,18,21-22H,3-6,11-17,19-20H2,1-2H3,(H2,31,32,33,34,37)/t22-/m0/s1. The van der Waals surface area contributed by atoms with Crippen LogP contribution in [0.25, 0.3) is 0 Å². The van der Waals surface area contributed by atoms with Gasteiger partial charge in [-0.3, -0.25) is 0 Å². The number of anilines is 3. The van der Waals surface area contributed by atoms with Gasteiger partial charge in [0.05, 0.1) is 0 Å². The van der Waals surface area contributed by atoms with Crippen LogP contribution in [0.15, 0.2) is 30.3 Å². The molecule has 2 saturated heterocycles. The monoisotopic (exact) mass is 540 g/mol. The van der Waals surface area contributed by atoms with Crippen molar-refractivity contribution in [2.75, 3.05) is 47.8 Å². The van der Waals surface area contributed by atoms with Gasteiger partial charge in [0.25, 0.3) is 0 Å². The number of benzene rings is 1. The normalized spacial score (nSPS) is 22.2. The lowest BCUT2D eigenvalue weighted by atomic mass is 9.79. The largest absolute Gasteiger partial charge is 0.361 e. The number of thiocarbonyl (C=S) groups is 1. The molecule has 1 aromatic heterocycles. The topological polar surface area (TPSA) is 56.3 Å². The molecule has 37 heavy (non-hydrogen) atoms. The van der Waals surface area contributed by atoms with Crippen molar-refractivity contribution in [2.45, 2.75) is 70.6 Å². The Morgan fingerprint density at radius 2 is 1.62 bits per heavy atom. The van der Waals surface area contributed by atoms with Crippen LogP contribution < -0.4 is 20.4 Å². The van der Waals surface area contributed by atoms with Gasteiger partial charge in [0.2, 0.25) is 5.95 Å². The van der Waals surface area contributed by atoms with Crippen LogP contribution in [0.4, 0.5) is 17.6 Å². The van der Waals surface area contributed by atoms with Crippen molar-refractivity contribution >= 4 is 46.5 Å². The minimum atomic E-state index is 0.0820. The summed E-state index contributed by atoms with van der Waals surface area (Å²) in [5, 5.41) is 8.23. The minimum absolute atomic E-state index is 0.0820. The molecule has 1 aliphatic carbocycles. The summed E-state index contributed by atoms with van der Waals surface area (Å²) in [4.78, 5) is 14.7. The third-order valence-corrected chi connectivity index (χ3v) is 9.12. The van der Waals surface area contributed by atoms with Crippen LogP contribution in [0, 0.1) is 11.8 Å². The van der Waals surface area contributed by atoms with Gasteiger partial charge >= 0.3 is 0 Å². The van der Waals surface area contributed by atoms with Crippen molar-refractivity contribution in [1.29, 1.82) is 0 Å². The summed E-state index contributed by atoms with van der Waals surface area (Å²) >= 11 is 11.9. The lowest BCUT2D eigenvalue weighted by Gasteiger charge is -2.34. The molecule has 1 atom stereocenters. The molecular weight excluding hydrogens is 500 g/mol. The van der Waals surface area contributed by atoms with Gasteiger partial charge in [0, 0.05) is 49.2 Å². The maximum atomic E-state index is 6.17. The van der Waals surface area contributed by atoms with Crippen molar-refractivity contribution in [3.8, 4) is 0 Å². The molecule has 3 fully saturated rings. The highest BCUT2D eigenvalue weighted by Gasteiger charge is 2.35. The molecule has 8 heteroatoms. The Balaban J connectivity index is 1.31. The molecule has 200 valence electrons. The van der Waals surface area contributed by atoms with Gasteiger partial charge in [-0.05, 0) is 80.3 Å². The van der Waals surface area contributed by atoms with Gasteiger partial charge in [-0.1, -0.05) is 50.4 Å². The van der Waals surface area contributed by atoms with E-state index in [9.17, 15) is 0 Å². The number of nitrogens with zero attached hydrogens (tertiary/aromatic N) is 4. The third-order valence-electron chi connectivity index (χ3n) is 8.62. The molecule has 0 bridgehead atoms. The zero-order valence-corrected chi connectivity index (χ0v) is 23.9. The second-order valence-electron chi connectivity index (χ2n) is 11.6. The first-order chi connectivity index (χ1) is 17.9. The van der Waals surface area contributed by atoms with Crippen molar-refractivity contribution in [3.05, 3.63) is 40.9 Å². The lowest BCUT2D eigenvalue weighted by molar-refractivity contribution is 0.434. The van der Waals surface area contributed by atoms with Crippen LogP contribution in [0.1, 0.15) is 70.8 Å². The van der Waals surface area contributed by atoms with E-state index in [4.69, 9.17) is 33.8 Å². The van der Waals surface area contributed by atoms with Crippen LogP contribution in [-0.2, 0) is 5.41 Å². The molecule has 2 aliphatic heterocycles. The third kappa shape index (κ3) is 6.48. The summed E-state index contributed by atoms with van der Waals surface area (Å²) in [6, 6.07) is 10.5. The molecule has 3 aliphatic rings. The molecule has 0 amide bonds. The average Bonchev–Trinajstić information content (AvgIpc) is 3.38. The molecule has 3 heterocycles. The van der Waals surface area contributed by atoms with Crippen LogP contribution >= 0.6 is 23.8 Å². The predicted octanol–water partition coefficient (Wildman–Crippen LogP) is 6.40. The lowest BCUT2D eigenvalue weighted by Crippen LogP contribution is -2.41. The van der Waals surface area contributed by atoms with E-state index < -0.39 is 0 Å². The summed E-state index contributed by atoms with van der Waals surface area (Å²) in [6.45, 7) is 9.64. The fourth-order valence-corrected chi connectivity index (χ4v) is 6.54. The molecule has 5 rings (SSSR count). The number of nitrogens with one attached hydrogen (secondary N) is 2. The van der Waals surface area contributed by atoms with E-state index in [-0.39, 0.29) is 5.41 Å². The van der Waals surface area contributed by atoms with Gasteiger partial charge in [0.1, 0.15) is 11.6 Å². The summed E-state index contributed by atoms with van der Waals surface area (Å²) < 4.78 is 0. The quantitative estimate of drug-likeness (QED) is 0.411. The Morgan fingerprint density at radius 3 is 2.30 bits per heavy atom. The fourth-order valence-electron chi connectivity index (χ4n) is 6.26. The van der Waals surface area contributed by atoms with E-state index in [0.717, 1.165) is 68.1 Å². The predicted molar refractivity (Wildman–Crippen MR) is 159 cm³/mol. The van der Waals surface area contributed by atoms with Crippen molar-refractivity contribution < 1.29 is 0 Å². The number of rotatable bonds is 6. The first-order valence-electron chi connectivity index (χ1n) is 14.1. The molecule has 1 saturated carbocycles. The minimum Gasteiger partial charge on any atom is -0.361 e. The molecule has 0 radical (unpaired) electrons. The second kappa shape index (κ2) is 11.7. The van der Waals surface area contributed by atoms with Crippen LogP contribution in [-0.4, -0.2) is 47.8 Å². The number of hydrogen-bond donors (Lipinski definition) is 2. The molecular formula is C29H41ClN6S. The number of aromatic nitrogens is 2. The molecule has 0 spiro atoms. The highest BCUT2D eigenvalue weighted by molar-refractivity contribution is 7.80. The summed E-state index contributed by atoms with van der Waals surface area (Å²) in [6.07, 6.45) is 9.68. The molecule has 1 aromatic carbocycles. The Bertz CT molecular complexity index is 1060. The summed E-state index contributed by atoms with van der Waals surface area (Å²) in [5.74, 6) is 4.06. The van der Waals surface area contributed by atoms with Gasteiger partial charge in [0.15, 0.2) is 5.11 Å². The highest BCUT2D eigenvalue weighted by atomic mass is 35.5.